The molecule has 122 valence electrons. The van der Waals surface area contributed by atoms with Crippen molar-refractivity contribution < 1.29 is 18.7 Å². The van der Waals surface area contributed by atoms with Crippen molar-refractivity contribution in [1.29, 1.82) is 0 Å². The number of benzene rings is 2. The first-order chi connectivity index (χ1) is 11.1. The molecule has 0 unspecified atom stereocenters. The number of amides is 2. The van der Waals surface area contributed by atoms with Gasteiger partial charge < -0.3 is 20.1 Å². The van der Waals surface area contributed by atoms with Crippen LogP contribution in [0.5, 0.6) is 11.5 Å². The fraction of sp³-hybridized carbons (Fsp3) is 0.235. The molecule has 0 fully saturated rings. The summed E-state index contributed by atoms with van der Waals surface area (Å²) in [5.41, 5.74) is 0.979. The van der Waals surface area contributed by atoms with Crippen LogP contribution < -0.4 is 20.1 Å². The molecule has 0 atom stereocenters. The molecule has 0 aliphatic carbocycles. The van der Waals surface area contributed by atoms with E-state index in [0.29, 0.717) is 29.4 Å². The van der Waals surface area contributed by atoms with E-state index in [1.807, 2.05) is 6.92 Å². The third-order valence-corrected chi connectivity index (χ3v) is 3.12. The Balaban J connectivity index is 1.97. The minimum Gasteiger partial charge on any atom is -0.493 e. The number of urea groups is 1. The number of rotatable bonds is 6. The largest absolute Gasteiger partial charge is 0.493 e. The van der Waals surface area contributed by atoms with E-state index in [1.54, 1.807) is 43.5 Å². The maximum atomic E-state index is 13.5. The van der Waals surface area contributed by atoms with E-state index in [1.165, 1.54) is 6.07 Å². The molecule has 0 heterocycles. The van der Waals surface area contributed by atoms with Crippen molar-refractivity contribution in [2.24, 2.45) is 0 Å². The summed E-state index contributed by atoms with van der Waals surface area (Å²) in [4.78, 5) is 11.9. The third kappa shape index (κ3) is 4.60. The number of hydrogen-bond donors (Lipinski definition) is 2. The lowest BCUT2D eigenvalue weighted by molar-refractivity contribution is 0.251. The molecular formula is C17H19FN2O3. The van der Waals surface area contributed by atoms with Gasteiger partial charge in [-0.15, -0.1) is 0 Å². The van der Waals surface area contributed by atoms with E-state index in [4.69, 9.17) is 9.47 Å². The van der Waals surface area contributed by atoms with E-state index in [0.717, 1.165) is 0 Å². The molecule has 0 bridgehead atoms. The van der Waals surface area contributed by atoms with Gasteiger partial charge in [0.15, 0.2) is 11.5 Å². The molecule has 2 aromatic carbocycles. The Hall–Kier alpha value is -2.76. The standard InChI is InChI=1S/C17H19FN2O3/c1-3-23-16-10-13(8-9-15(16)22-2)20-17(21)19-11-12-6-4-5-7-14(12)18/h4-10H,3,11H2,1-2H3,(H2,19,20,21). The Morgan fingerprint density at radius 1 is 1.17 bits per heavy atom. The molecule has 0 radical (unpaired) electrons. The number of methoxy groups -OCH3 is 1. The second-order valence-electron chi connectivity index (χ2n) is 4.70. The quantitative estimate of drug-likeness (QED) is 0.856. The Labute approximate surface area is 134 Å². The Morgan fingerprint density at radius 2 is 1.96 bits per heavy atom. The van der Waals surface area contributed by atoms with Gasteiger partial charge >= 0.3 is 6.03 Å². The summed E-state index contributed by atoms with van der Waals surface area (Å²) >= 11 is 0. The summed E-state index contributed by atoms with van der Waals surface area (Å²) < 4.78 is 24.1. The van der Waals surface area contributed by atoms with Crippen LogP contribution in [0.3, 0.4) is 0 Å². The fourth-order valence-corrected chi connectivity index (χ4v) is 2.02. The van der Waals surface area contributed by atoms with Gasteiger partial charge in [0, 0.05) is 23.9 Å². The summed E-state index contributed by atoms with van der Waals surface area (Å²) in [7, 11) is 1.55. The molecule has 0 aromatic heterocycles. The first-order valence-corrected chi connectivity index (χ1v) is 7.23. The molecule has 2 aromatic rings. The van der Waals surface area contributed by atoms with E-state index < -0.39 is 6.03 Å². The highest BCUT2D eigenvalue weighted by atomic mass is 19.1. The lowest BCUT2D eigenvalue weighted by atomic mass is 10.2. The first kappa shape index (κ1) is 16.6. The number of hydrogen-bond acceptors (Lipinski definition) is 3. The zero-order valence-electron chi connectivity index (χ0n) is 13.1. The molecule has 23 heavy (non-hydrogen) atoms. The van der Waals surface area contributed by atoms with Gasteiger partial charge in [-0.3, -0.25) is 0 Å². The molecule has 0 aliphatic heterocycles. The molecule has 0 saturated carbocycles. The van der Waals surface area contributed by atoms with E-state index in [2.05, 4.69) is 10.6 Å². The van der Waals surface area contributed by atoms with Crippen LogP contribution in [-0.2, 0) is 6.54 Å². The second-order valence-corrected chi connectivity index (χ2v) is 4.70. The van der Waals surface area contributed by atoms with Crippen molar-refractivity contribution in [3.63, 3.8) is 0 Å². The topological polar surface area (TPSA) is 59.6 Å². The molecule has 6 heteroatoms. The molecule has 0 saturated heterocycles. The van der Waals surface area contributed by atoms with Crippen LogP contribution in [0.2, 0.25) is 0 Å². The average Bonchev–Trinajstić information content (AvgIpc) is 2.55. The predicted octanol–water partition coefficient (Wildman–Crippen LogP) is 3.55. The molecule has 2 rings (SSSR count). The number of carbonyl (C=O) groups is 1. The summed E-state index contributed by atoms with van der Waals surface area (Å²) in [6, 6.07) is 10.9. The Kier molecular flexibility index (Phi) is 5.80. The van der Waals surface area contributed by atoms with E-state index in [9.17, 15) is 9.18 Å². The predicted molar refractivity (Wildman–Crippen MR) is 86.4 cm³/mol. The van der Waals surface area contributed by atoms with Crippen molar-refractivity contribution in [3.05, 3.63) is 53.8 Å². The smallest absolute Gasteiger partial charge is 0.319 e. The normalized spacial score (nSPS) is 10.0. The molecule has 5 nitrogen and oxygen atoms in total. The van der Waals surface area contributed by atoms with Crippen LogP contribution in [0, 0.1) is 5.82 Å². The van der Waals surface area contributed by atoms with Crippen molar-refractivity contribution in [3.8, 4) is 11.5 Å². The summed E-state index contributed by atoms with van der Waals surface area (Å²) in [6.07, 6.45) is 0. The van der Waals surface area contributed by atoms with Crippen LogP contribution >= 0.6 is 0 Å². The zero-order chi connectivity index (χ0) is 16.7. The van der Waals surface area contributed by atoms with Crippen molar-refractivity contribution >= 4 is 11.7 Å². The highest BCUT2D eigenvalue weighted by Crippen LogP contribution is 2.30. The van der Waals surface area contributed by atoms with Gasteiger partial charge in [-0.1, -0.05) is 18.2 Å². The van der Waals surface area contributed by atoms with Gasteiger partial charge in [0.25, 0.3) is 0 Å². The van der Waals surface area contributed by atoms with Crippen molar-refractivity contribution in [1.82, 2.24) is 5.32 Å². The maximum absolute atomic E-state index is 13.5. The maximum Gasteiger partial charge on any atom is 0.319 e. The van der Waals surface area contributed by atoms with Gasteiger partial charge in [-0.05, 0) is 25.1 Å². The van der Waals surface area contributed by atoms with Crippen LogP contribution in [0.1, 0.15) is 12.5 Å². The molecule has 0 spiro atoms. The average molecular weight is 318 g/mol. The van der Waals surface area contributed by atoms with Crippen LogP contribution in [0.25, 0.3) is 0 Å². The zero-order valence-corrected chi connectivity index (χ0v) is 13.1. The number of carbonyl (C=O) groups excluding carboxylic acids is 1. The SMILES string of the molecule is CCOc1cc(NC(=O)NCc2ccccc2F)ccc1OC. The van der Waals surface area contributed by atoms with Crippen LogP contribution in [0.15, 0.2) is 42.5 Å². The second kappa shape index (κ2) is 8.03. The Bertz CT molecular complexity index is 677. The van der Waals surface area contributed by atoms with Crippen LogP contribution in [-0.4, -0.2) is 19.7 Å². The summed E-state index contributed by atoms with van der Waals surface area (Å²) in [5.74, 6) is 0.780. The van der Waals surface area contributed by atoms with Gasteiger partial charge in [0.2, 0.25) is 0 Å². The first-order valence-electron chi connectivity index (χ1n) is 7.23. The van der Waals surface area contributed by atoms with Crippen LogP contribution in [0.4, 0.5) is 14.9 Å². The molecule has 2 amide bonds. The minimum atomic E-state index is -0.430. The van der Waals surface area contributed by atoms with Gasteiger partial charge in [-0.2, -0.15) is 0 Å². The molecule has 2 N–H and O–H groups in total. The summed E-state index contributed by atoms with van der Waals surface area (Å²) in [6.45, 7) is 2.45. The minimum absolute atomic E-state index is 0.104. The fourth-order valence-electron chi connectivity index (χ4n) is 2.02. The molecule has 0 aliphatic rings. The van der Waals surface area contributed by atoms with Crippen molar-refractivity contribution in [2.45, 2.75) is 13.5 Å². The Morgan fingerprint density at radius 3 is 2.65 bits per heavy atom. The highest BCUT2D eigenvalue weighted by molar-refractivity contribution is 5.89. The highest BCUT2D eigenvalue weighted by Gasteiger charge is 2.08. The number of halogens is 1. The van der Waals surface area contributed by atoms with Crippen molar-refractivity contribution in [2.75, 3.05) is 19.0 Å². The lowest BCUT2D eigenvalue weighted by Crippen LogP contribution is -2.28. The third-order valence-electron chi connectivity index (χ3n) is 3.12. The summed E-state index contributed by atoms with van der Waals surface area (Å²) in [5, 5.41) is 5.28. The van der Waals surface area contributed by atoms with E-state index in [-0.39, 0.29) is 12.4 Å². The lowest BCUT2D eigenvalue weighted by Gasteiger charge is -2.12. The monoisotopic (exact) mass is 318 g/mol. The van der Waals surface area contributed by atoms with Gasteiger partial charge in [0.1, 0.15) is 5.82 Å². The number of ether oxygens (including phenoxy) is 2. The number of anilines is 1. The molecular weight excluding hydrogens is 299 g/mol. The van der Waals surface area contributed by atoms with E-state index >= 15 is 0 Å². The van der Waals surface area contributed by atoms with Gasteiger partial charge in [0.05, 0.1) is 13.7 Å². The number of nitrogens with one attached hydrogen (secondary N) is 2. The van der Waals surface area contributed by atoms with Gasteiger partial charge in [-0.25, -0.2) is 9.18 Å².